The molecule has 1 saturated carbocycles. The quantitative estimate of drug-likeness (QED) is 0.677. The van der Waals surface area contributed by atoms with Crippen molar-refractivity contribution in [3.8, 4) is 6.07 Å². The third kappa shape index (κ3) is 2.86. The molecule has 1 spiro atoms. The van der Waals surface area contributed by atoms with E-state index in [-0.39, 0.29) is 5.41 Å². The van der Waals surface area contributed by atoms with Crippen molar-refractivity contribution in [1.29, 1.82) is 5.26 Å². The standard InChI is InChI=1S/C27H28N2O/c1-20-17-29(15-14-27(20)13-10-22-4-2-3-5-25(22)27)24-11-12-26(16-24,19-28)23-8-6-21(18-30)7-9-23/h2-10,13,18,20,24H,11-12,14-17H2,1H3/t20-,24?,26?,27?/m0/s1. The van der Waals surface area contributed by atoms with Gasteiger partial charge in [0.05, 0.1) is 11.5 Å². The van der Waals surface area contributed by atoms with Crippen molar-refractivity contribution >= 4 is 12.4 Å². The van der Waals surface area contributed by atoms with Gasteiger partial charge in [0.25, 0.3) is 0 Å². The molecule has 3 unspecified atom stereocenters. The van der Waals surface area contributed by atoms with Crippen molar-refractivity contribution in [1.82, 2.24) is 4.90 Å². The summed E-state index contributed by atoms with van der Waals surface area (Å²) in [6.45, 7) is 4.55. The van der Waals surface area contributed by atoms with Gasteiger partial charge in [-0.15, -0.1) is 0 Å². The minimum Gasteiger partial charge on any atom is -0.300 e. The first kappa shape index (κ1) is 19.3. The van der Waals surface area contributed by atoms with Gasteiger partial charge in [-0.3, -0.25) is 9.69 Å². The summed E-state index contributed by atoms with van der Waals surface area (Å²) in [4.78, 5) is 13.6. The van der Waals surface area contributed by atoms with Crippen LogP contribution in [0.4, 0.5) is 0 Å². The first-order valence-electron chi connectivity index (χ1n) is 11.1. The second kappa shape index (κ2) is 7.22. The molecular weight excluding hydrogens is 368 g/mol. The average molecular weight is 397 g/mol. The molecule has 2 aliphatic carbocycles. The Kier molecular flexibility index (Phi) is 4.64. The predicted octanol–water partition coefficient (Wildman–Crippen LogP) is 5.12. The van der Waals surface area contributed by atoms with Gasteiger partial charge in [-0.25, -0.2) is 0 Å². The normalized spacial score (nSPS) is 32.8. The molecule has 4 atom stereocenters. The van der Waals surface area contributed by atoms with Crippen LogP contribution in [-0.2, 0) is 10.8 Å². The fourth-order valence-electron chi connectivity index (χ4n) is 6.19. The highest BCUT2D eigenvalue weighted by Crippen LogP contribution is 2.49. The number of carbonyl (C=O) groups excluding carboxylic acids is 1. The third-order valence-corrected chi connectivity index (χ3v) is 8.04. The molecule has 1 saturated heterocycles. The number of allylic oxidation sites excluding steroid dienone is 1. The predicted molar refractivity (Wildman–Crippen MR) is 119 cm³/mol. The molecule has 2 fully saturated rings. The van der Waals surface area contributed by atoms with Gasteiger partial charge in [0.15, 0.2) is 0 Å². The Labute approximate surface area is 179 Å². The van der Waals surface area contributed by atoms with Crippen molar-refractivity contribution in [2.24, 2.45) is 5.92 Å². The summed E-state index contributed by atoms with van der Waals surface area (Å²) < 4.78 is 0. The van der Waals surface area contributed by atoms with Crippen LogP contribution in [0.5, 0.6) is 0 Å². The monoisotopic (exact) mass is 396 g/mol. The third-order valence-electron chi connectivity index (χ3n) is 8.04. The molecule has 2 aromatic carbocycles. The lowest BCUT2D eigenvalue weighted by Crippen LogP contribution is -2.50. The van der Waals surface area contributed by atoms with E-state index in [2.05, 4.69) is 54.3 Å². The van der Waals surface area contributed by atoms with Gasteiger partial charge in [-0.2, -0.15) is 5.26 Å². The van der Waals surface area contributed by atoms with Gasteiger partial charge in [0.1, 0.15) is 6.29 Å². The van der Waals surface area contributed by atoms with E-state index in [1.165, 1.54) is 11.1 Å². The lowest BCUT2D eigenvalue weighted by molar-refractivity contribution is 0.0887. The Bertz CT molecular complexity index is 1030. The molecule has 30 heavy (non-hydrogen) atoms. The van der Waals surface area contributed by atoms with Gasteiger partial charge >= 0.3 is 0 Å². The number of nitriles is 1. The number of likely N-dealkylation sites (tertiary alicyclic amines) is 1. The zero-order chi connectivity index (χ0) is 20.8. The van der Waals surface area contributed by atoms with Gasteiger partial charge in [-0.1, -0.05) is 67.6 Å². The Hall–Kier alpha value is -2.70. The van der Waals surface area contributed by atoms with Crippen LogP contribution in [0.15, 0.2) is 54.6 Å². The number of fused-ring (bicyclic) bond motifs is 2. The number of piperidine rings is 1. The Morgan fingerprint density at radius 3 is 2.67 bits per heavy atom. The lowest BCUT2D eigenvalue weighted by atomic mass is 9.67. The van der Waals surface area contributed by atoms with E-state index in [0.29, 0.717) is 17.5 Å². The van der Waals surface area contributed by atoms with Crippen LogP contribution in [0.2, 0.25) is 0 Å². The first-order valence-corrected chi connectivity index (χ1v) is 11.1. The molecule has 3 heteroatoms. The van der Waals surface area contributed by atoms with Gasteiger partial charge in [0, 0.05) is 23.6 Å². The topological polar surface area (TPSA) is 44.1 Å². The molecule has 0 amide bonds. The lowest BCUT2D eigenvalue weighted by Gasteiger charge is -2.46. The molecule has 5 rings (SSSR count). The number of carbonyl (C=O) groups is 1. The molecule has 1 aliphatic heterocycles. The van der Waals surface area contributed by atoms with Crippen LogP contribution in [0.1, 0.15) is 59.7 Å². The van der Waals surface area contributed by atoms with Crippen LogP contribution in [0, 0.1) is 17.2 Å². The van der Waals surface area contributed by atoms with E-state index in [4.69, 9.17) is 0 Å². The number of nitrogens with zero attached hydrogens (tertiary/aromatic N) is 2. The van der Waals surface area contributed by atoms with E-state index in [1.54, 1.807) is 0 Å². The van der Waals surface area contributed by atoms with Crippen LogP contribution in [0.3, 0.4) is 0 Å². The summed E-state index contributed by atoms with van der Waals surface area (Å²) in [6, 6.07) is 19.6. The number of hydrogen-bond acceptors (Lipinski definition) is 3. The zero-order valence-electron chi connectivity index (χ0n) is 17.6. The minimum atomic E-state index is -0.426. The Morgan fingerprint density at radius 2 is 1.93 bits per heavy atom. The molecular formula is C27H28N2O. The molecule has 0 aromatic heterocycles. The summed E-state index contributed by atoms with van der Waals surface area (Å²) >= 11 is 0. The second-order valence-electron chi connectivity index (χ2n) is 9.44. The number of aldehydes is 1. The van der Waals surface area contributed by atoms with Gasteiger partial charge < -0.3 is 0 Å². The van der Waals surface area contributed by atoms with Crippen LogP contribution >= 0.6 is 0 Å². The maximum atomic E-state index is 11.0. The fourth-order valence-corrected chi connectivity index (χ4v) is 6.19. The van der Waals surface area contributed by atoms with Crippen molar-refractivity contribution < 1.29 is 4.79 Å². The summed E-state index contributed by atoms with van der Waals surface area (Å²) in [5.41, 5.74) is 4.34. The van der Waals surface area contributed by atoms with Crippen LogP contribution < -0.4 is 0 Å². The molecule has 152 valence electrons. The molecule has 3 aliphatic rings. The maximum absolute atomic E-state index is 11.0. The SMILES string of the molecule is C[C@H]1CN(C2CCC(C#N)(c3ccc(C=O)cc3)C2)CCC12C=Cc1ccccc12. The molecule has 3 nitrogen and oxygen atoms in total. The highest BCUT2D eigenvalue weighted by Gasteiger charge is 2.48. The number of hydrogen-bond donors (Lipinski definition) is 0. The van der Waals surface area contributed by atoms with Gasteiger partial charge in [-0.05, 0) is 54.8 Å². The van der Waals surface area contributed by atoms with Crippen LogP contribution in [-0.4, -0.2) is 30.3 Å². The highest BCUT2D eigenvalue weighted by atomic mass is 16.1. The van der Waals surface area contributed by atoms with Crippen molar-refractivity contribution in [3.05, 3.63) is 76.9 Å². The maximum Gasteiger partial charge on any atom is 0.150 e. The molecule has 0 radical (unpaired) electrons. The summed E-state index contributed by atoms with van der Waals surface area (Å²) in [5.74, 6) is 0.551. The fraction of sp³-hybridized carbons (Fsp3) is 0.407. The first-order chi connectivity index (χ1) is 14.6. The molecule has 0 N–H and O–H groups in total. The zero-order valence-corrected chi connectivity index (χ0v) is 17.6. The van der Waals surface area contributed by atoms with Crippen molar-refractivity contribution in [3.63, 3.8) is 0 Å². The molecule has 0 bridgehead atoms. The molecule has 1 heterocycles. The van der Waals surface area contributed by atoms with E-state index in [1.807, 2.05) is 24.3 Å². The second-order valence-corrected chi connectivity index (χ2v) is 9.44. The Balaban J connectivity index is 1.33. The van der Waals surface area contributed by atoms with E-state index >= 15 is 0 Å². The highest BCUT2D eigenvalue weighted by molar-refractivity contribution is 5.74. The van der Waals surface area contributed by atoms with Gasteiger partial charge in [0.2, 0.25) is 0 Å². The molecule has 2 aromatic rings. The summed E-state index contributed by atoms with van der Waals surface area (Å²) in [7, 11) is 0. The van der Waals surface area contributed by atoms with Crippen molar-refractivity contribution in [2.45, 2.75) is 49.5 Å². The smallest absolute Gasteiger partial charge is 0.150 e. The Morgan fingerprint density at radius 1 is 1.13 bits per heavy atom. The van der Waals surface area contributed by atoms with E-state index < -0.39 is 5.41 Å². The van der Waals surface area contributed by atoms with E-state index in [9.17, 15) is 10.1 Å². The largest absolute Gasteiger partial charge is 0.300 e. The van der Waals surface area contributed by atoms with Crippen LogP contribution in [0.25, 0.3) is 6.08 Å². The number of benzene rings is 2. The summed E-state index contributed by atoms with van der Waals surface area (Å²) in [6.07, 6.45) is 9.61. The summed E-state index contributed by atoms with van der Waals surface area (Å²) in [5, 5.41) is 10.1. The van der Waals surface area contributed by atoms with Crippen molar-refractivity contribution in [2.75, 3.05) is 13.1 Å². The number of rotatable bonds is 3. The van der Waals surface area contributed by atoms with E-state index in [0.717, 1.165) is 50.6 Å². The minimum absolute atomic E-state index is 0.169. The average Bonchev–Trinajstić information content (AvgIpc) is 3.40.